The molecular formula is C22H23Cl3F2N2O5S. The Bertz CT molecular complexity index is 1050. The molecule has 4 rings (SSSR count). The molecule has 192 valence electrons. The minimum Gasteiger partial charge on any atom is -0.547 e. The number of nitrogens with zero attached hydrogens (tertiary/aromatic N) is 1. The molecule has 2 heterocycles. The van der Waals surface area contributed by atoms with Crippen LogP contribution in [0.3, 0.4) is 0 Å². The molecule has 1 aliphatic carbocycles. The first-order valence-corrected chi connectivity index (χ1v) is 12.3. The number of benzene rings is 1. The molecule has 1 aromatic carbocycles. The van der Waals surface area contributed by atoms with Crippen LogP contribution in [0.1, 0.15) is 29.9 Å². The first-order valence-electron chi connectivity index (χ1n) is 10.6. The van der Waals surface area contributed by atoms with E-state index in [1.54, 1.807) is 0 Å². The van der Waals surface area contributed by atoms with Gasteiger partial charge in [0.2, 0.25) is 12.4 Å². The molecular weight excluding hydrogens is 549 g/mol. The molecule has 1 saturated carbocycles. The van der Waals surface area contributed by atoms with E-state index in [-0.39, 0.29) is 40.4 Å². The van der Waals surface area contributed by atoms with Gasteiger partial charge in [-0.05, 0) is 42.9 Å². The van der Waals surface area contributed by atoms with Crippen molar-refractivity contribution in [1.29, 1.82) is 0 Å². The van der Waals surface area contributed by atoms with E-state index >= 15 is 0 Å². The summed E-state index contributed by atoms with van der Waals surface area (Å²) in [5.41, 5.74) is 0.910. The third kappa shape index (κ3) is 6.35. The zero-order chi connectivity index (χ0) is 24.5. The largest absolute Gasteiger partial charge is 0.547 e. The standard InChI is InChI=1S/C22H22Cl2F2N2O5S.ClH/c23-16-9-28(31)10-17(24)14(16)8-15(22(20(29)30)27-5-6-34-22)13-3-4-18(33-21(25)26)19(7-13)32-11-12-1-2-12;/h3-4,7,9-10,12,15,21,27H,1-2,5-6,8,11H2,(H-,29,30,31);1H/t15-,22-;/m0./s1. The predicted octanol–water partition coefficient (Wildman–Crippen LogP) is 3.44. The molecule has 2 atom stereocenters. The number of carbonyl (C=O) groups is 1. The van der Waals surface area contributed by atoms with Gasteiger partial charge in [0, 0.05) is 28.5 Å². The number of ether oxygens (including phenoxy) is 2. The first-order chi connectivity index (χ1) is 16.2. The summed E-state index contributed by atoms with van der Waals surface area (Å²) >= 11 is 13.8. The summed E-state index contributed by atoms with van der Waals surface area (Å²) in [7, 11) is 0. The Morgan fingerprint density at radius 3 is 2.51 bits per heavy atom. The number of halogens is 5. The van der Waals surface area contributed by atoms with Gasteiger partial charge in [0.05, 0.1) is 12.6 Å². The van der Waals surface area contributed by atoms with E-state index in [9.17, 15) is 23.9 Å². The van der Waals surface area contributed by atoms with Crippen molar-refractivity contribution in [1.82, 2.24) is 5.32 Å². The zero-order valence-corrected chi connectivity index (χ0v) is 21.4. The quantitative estimate of drug-likeness (QED) is 0.333. The predicted molar refractivity (Wildman–Crippen MR) is 127 cm³/mol. The van der Waals surface area contributed by atoms with Gasteiger partial charge in [-0.1, -0.05) is 29.3 Å². The monoisotopic (exact) mass is 570 g/mol. The summed E-state index contributed by atoms with van der Waals surface area (Å²) in [5.74, 6) is -1.26. The second-order valence-electron chi connectivity index (χ2n) is 8.21. The fourth-order valence-electron chi connectivity index (χ4n) is 3.97. The highest BCUT2D eigenvalue weighted by Gasteiger charge is 2.45. The number of thioether (sulfide) groups is 1. The summed E-state index contributed by atoms with van der Waals surface area (Å²) < 4.78 is 37.0. The molecule has 0 spiro atoms. The van der Waals surface area contributed by atoms with E-state index in [0.29, 0.717) is 40.7 Å². The second-order valence-corrected chi connectivity index (χ2v) is 10.4. The van der Waals surface area contributed by atoms with Crippen LogP contribution in [-0.4, -0.2) is 41.6 Å². The molecule has 1 saturated heterocycles. The number of carbonyl (C=O) groups excluding carboxylic acids is 1. The van der Waals surface area contributed by atoms with Gasteiger partial charge < -0.3 is 19.4 Å². The molecule has 13 heteroatoms. The summed E-state index contributed by atoms with van der Waals surface area (Å²) in [4.78, 5) is 10.9. The number of hydrogen-bond acceptors (Lipinski definition) is 7. The molecule has 35 heavy (non-hydrogen) atoms. The molecule has 2 aliphatic rings. The third-order valence-electron chi connectivity index (χ3n) is 5.85. The number of aromatic nitrogens is 1. The van der Waals surface area contributed by atoms with Crippen molar-refractivity contribution in [2.45, 2.75) is 36.7 Å². The van der Waals surface area contributed by atoms with Crippen LogP contribution >= 0.6 is 47.4 Å². The van der Waals surface area contributed by atoms with Gasteiger partial charge in [0.15, 0.2) is 11.5 Å². The molecule has 2 fully saturated rings. The number of aliphatic carboxylic acids is 1. The summed E-state index contributed by atoms with van der Waals surface area (Å²) in [6.45, 7) is -2.27. The van der Waals surface area contributed by atoms with E-state index in [4.69, 9.17) is 27.9 Å². The lowest BCUT2D eigenvalue weighted by Gasteiger charge is -2.38. The molecule has 1 aliphatic heterocycles. The van der Waals surface area contributed by atoms with E-state index in [1.165, 1.54) is 42.4 Å². The number of hydrogen-bond donors (Lipinski definition) is 2. The Morgan fingerprint density at radius 2 is 1.97 bits per heavy atom. The Hall–Kier alpha value is -1.72. The lowest BCUT2D eigenvalue weighted by molar-refractivity contribution is -0.904. The van der Waals surface area contributed by atoms with Crippen LogP contribution in [-0.2, 0) is 11.2 Å². The Morgan fingerprint density at radius 1 is 1.29 bits per heavy atom. The van der Waals surface area contributed by atoms with Crippen LogP contribution in [0.2, 0.25) is 10.0 Å². The van der Waals surface area contributed by atoms with Crippen LogP contribution in [0.15, 0.2) is 30.6 Å². The highest BCUT2D eigenvalue weighted by molar-refractivity contribution is 8.01. The topological polar surface area (TPSA) is 94.7 Å². The molecule has 2 N–H and O–H groups in total. The minimum absolute atomic E-state index is 0. The maximum atomic E-state index is 13.0. The van der Waals surface area contributed by atoms with Crippen molar-refractivity contribution in [3.05, 3.63) is 51.8 Å². The van der Waals surface area contributed by atoms with Crippen LogP contribution in [0.4, 0.5) is 8.78 Å². The number of nitrogens with one attached hydrogen (secondary N) is 1. The van der Waals surface area contributed by atoms with E-state index < -0.39 is 23.4 Å². The molecule has 0 unspecified atom stereocenters. The zero-order valence-electron chi connectivity index (χ0n) is 18.2. The van der Waals surface area contributed by atoms with E-state index in [0.717, 1.165) is 12.8 Å². The van der Waals surface area contributed by atoms with Crippen molar-refractivity contribution < 1.29 is 38.1 Å². The van der Waals surface area contributed by atoms with Gasteiger partial charge in [-0.25, -0.2) is 0 Å². The average molecular weight is 572 g/mol. The van der Waals surface area contributed by atoms with Crippen molar-refractivity contribution in [3.8, 4) is 11.5 Å². The van der Waals surface area contributed by atoms with E-state index in [1.807, 2.05) is 0 Å². The van der Waals surface area contributed by atoms with Crippen LogP contribution in [0.5, 0.6) is 11.5 Å². The number of rotatable bonds is 10. The maximum absolute atomic E-state index is 13.0. The molecule has 0 bridgehead atoms. The van der Waals surface area contributed by atoms with Crippen molar-refractivity contribution in [2.24, 2.45) is 5.92 Å². The van der Waals surface area contributed by atoms with Crippen LogP contribution in [0, 0.1) is 5.92 Å². The molecule has 1 aromatic heterocycles. The number of alkyl halides is 2. The lowest BCUT2D eigenvalue weighted by Crippen LogP contribution is -2.57. The highest BCUT2D eigenvalue weighted by Crippen LogP contribution is 2.46. The Kier molecular flexibility index (Phi) is 9.20. The summed E-state index contributed by atoms with van der Waals surface area (Å²) in [6, 6.07) is 4.39. The Balaban J connectivity index is 0.00000342. The van der Waals surface area contributed by atoms with Gasteiger partial charge in [-0.3, -0.25) is 10.5 Å². The fraction of sp³-hybridized carbons (Fsp3) is 0.455. The number of pyridine rings is 1. The van der Waals surface area contributed by atoms with Crippen molar-refractivity contribution in [3.63, 3.8) is 0 Å². The van der Waals surface area contributed by atoms with Gasteiger partial charge in [0.1, 0.15) is 14.9 Å². The summed E-state index contributed by atoms with van der Waals surface area (Å²) in [6.07, 6.45) is 4.54. The fourth-order valence-corrected chi connectivity index (χ4v) is 5.85. The molecule has 7 nitrogen and oxygen atoms in total. The number of carboxylic acid groups (broad SMARTS) is 1. The normalized spacial score (nSPS) is 20.4. The van der Waals surface area contributed by atoms with Crippen LogP contribution < -0.4 is 24.6 Å². The maximum Gasteiger partial charge on any atom is 0.387 e. The van der Waals surface area contributed by atoms with Crippen molar-refractivity contribution >= 4 is 53.3 Å². The molecule has 0 amide bonds. The molecule has 0 radical (unpaired) electrons. The van der Waals surface area contributed by atoms with Crippen molar-refractivity contribution in [2.75, 3.05) is 18.9 Å². The highest BCUT2D eigenvalue weighted by atomic mass is 35.5. The average Bonchev–Trinajstić information content (AvgIpc) is 3.46. The van der Waals surface area contributed by atoms with Gasteiger partial charge in [-0.15, -0.1) is 24.2 Å². The SMILES string of the molecule is Cl.O=C([O-])[C@@]1([C@@H](Cc2c(Cl)c[n+](O)cc2Cl)c2ccc(OC(F)F)c(OCC3CC3)c2)NCCS1. The summed E-state index contributed by atoms with van der Waals surface area (Å²) in [5, 5.41) is 25.4. The molecule has 2 aromatic rings. The smallest absolute Gasteiger partial charge is 0.387 e. The first kappa shape index (κ1) is 27.9. The van der Waals surface area contributed by atoms with Gasteiger partial charge in [0.25, 0.3) is 0 Å². The number of carboxylic acids is 1. The Labute approximate surface area is 221 Å². The van der Waals surface area contributed by atoms with E-state index in [2.05, 4.69) is 10.1 Å². The van der Waals surface area contributed by atoms with Crippen LogP contribution in [0.25, 0.3) is 0 Å². The second kappa shape index (κ2) is 11.6. The minimum atomic E-state index is -3.04. The lowest BCUT2D eigenvalue weighted by atomic mass is 9.85. The van der Waals surface area contributed by atoms with Gasteiger partial charge >= 0.3 is 6.61 Å². The third-order valence-corrected chi connectivity index (χ3v) is 7.96. The van der Waals surface area contributed by atoms with Gasteiger partial charge in [-0.2, -0.15) is 8.78 Å².